The number of aliphatic hydroxyl groups is 1. The number of cyclic esters (lactones) is 1. The number of ether oxygens (including phenoxy) is 5. The number of amides is 1. The third kappa shape index (κ3) is 12.4. The van der Waals surface area contributed by atoms with Gasteiger partial charge in [-0.2, -0.15) is 3.89 Å². The maximum Gasteiger partial charge on any atom is 0.410 e. The number of carbonyl (C=O) groups excluding carboxylic acids is 3. The average molecular weight is 920 g/mol. The summed E-state index contributed by atoms with van der Waals surface area (Å²) in [6.45, 7) is 18.5. The third-order valence-corrected chi connectivity index (χ3v) is 13.1. The lowest BCUT2D eigenvalue weighted by molar-refractivity contribution is -0.297. The number of nitrogens with two attached hydrogens (primary N) is 1. The number of esters is 1. The van der Waals surface area contributed by atoms with E-state index in [-0.39, 0.29) is 36.3 Å². The molecule has 5 rings (SSSR count). The molecule has 3 fully saturated rings. The van der Waals surface area contributed by atoms with Crippen molar-refractivity contribution in [3.63, 3.8) is 0 Å². The predicted octanol–water partition coefficient (Wildman–Crippen LogP) is 6.07. The highest BCUT2D eigenvalue weighted by Crippen LogP contribution is 2.41. The van der Waals surface area contributed by atoms with Gasteiger partial charge in [0.25, 0.3) is 0 Å². The van der Waals surface area contributed by atoms with E-state index in [1.165, 1.54) is 13.2 Å². The van der Waals surface area contributed by atoms with Crippen molar-refractivity contribution in [3.05, 3.63) is 43.1 Å². The molecular formula is C46H74FN7O9S. The van der Waals surface area contributed by atoms with Gasteiger partial charge in [-0.1, -0.05) is 44.2 Å². The normalized spacial score (nSPS) is 34.2. The number of Topliss-reactive ketones (excluding diaryl/α,β-unsaturated/α-hetero) is 1. The first-order chi connectivity index (χ1) is 30.3. The number of benzene rings is 1. The van der Waals surface area contributed by atoms with Gasteiger partial charge in [0.1, 0.15) is 23.8 Å². The van der Waals surface area contributed by atoms with Crippen molar-refractivity contribution >= 4 is 35.7 Å². The summed E-state index contributed by atoms with van der Waals surface area (Å²) in [5.74, 6) is -3.30. The van der Waals surface area contributed by atoms with E-state index in [0.717, 1.165) is 11.3 Å². The second kappa shape index (κ2) is 23.7. The van der Waals surface area contributed by atoms with E-state index in [1.807, 2.05) is 77.2 Å². The number of halogens is 1. The van der Waals surface area contributed by atoms with Crippen LogP contribution in [0.1, 0.15) is 87.0 Å². The van der Waals surface area contributed by atoms with Crippen molar-refractivity contribution in [2.24, 2.45) is 17.8 Å². The molecule has 4 N–H and O–H groups in total. The summed E-state index contributed by atoms with van der Waals surface area (Å²) in [4.78, 5) is 46.2. The van der Waals surface area contributed by atoms with E-state index >= 15 is 0 Å². The standard InChI is InChI=1S/C45H71N7O9.CH3FS/c1-12-19-45(57-11)24-27(3)25-47-31(7)39-44(8,61-43(56)52(39)21-15-14-20-51-26-34(48-49-51)32-17-16-18-33(46)23-32)36(13-2)59-41(55)30(6)37(53)29(5)40(45)60-42-38(54)35(50(9)10)22-28(4)58-42;1-3-2/h12,16-18,23,26-31,35-36,38-40,42,47,54H,1,13-15,19-22,24-25,46H2,2-11H3;1H3/t27-,28-,29-,30?,31-,35?,36-,38?,39-,40-,42+,44-,45-;/m1./s1. The number of aliphatic hydroxyl groups excluding tert-OH is 1. The predicted molar refractivity (Wildman–Crippen MR) is 246 cm³/mol. The molecule has 4 heterocycles. The molecule has 1 amide bonds. The van der Waals surface area contributed by atoms with Crippen LogP contribution < -0.4 is 11.1 Å². The number of rotatable bonds is 13. The number of aryl methyl sites for hydroxylation is 1. The molecule has 13 atom stereocenters. The fourth-order valence-corrected chi connectivity index (χ4v) is 9.78. The Kier molecular flexibility index (Phi) is 19.6. The van der Waals surface area contributed by atoms with E-state index in [4.69, 9.17) is 29.4 Å². The van der Waals surface area contributed by atoms with E-state index in [2.05, 4.69) is 29.1 Å². The topological polar surface area (TPSA) is 193 Å². The molecule has 3 aliphatic heterocycles. The summed E-state index contributed by atoms with van der Waals surface area (Å²) in [6.07, 6.45) is 3.39. The first-order valence-corrected chi connectivity index (χ1v) is 23.6. The smallest absolute Gasteiger partial charge is 0.410 e. The number of methoxy groups -OCH3 is 1. The van der Waals surface area contributed by atoms with Gasteiger partial charge in [-0.25, -0.2) is 4.79 Å². The lowest BCUT2D eigenvalue weighted by Gasteiger charge is -2.47. The summed E-state index contributed by atoms with van der Waals surface area (Å²) in [5, 5.41) is 23.9. The molecule has 2 aromatic rings. The SMILES string of the molecule is C=CC[C@@]1(OC)C[C@@H](C)CN[C@H](C)[C@H]2N(CCCCn3cc(-c4cccc(N)c4)nn3)C(=O)O[C@]2(C)[C@@H](CC)OC(=O)C(C)C(=O)[C@@H](C)[C@H]1O[C@@H]1O[C@H](C)CC(N(C)C)C1O.CSF. The minimum Gasteiger partial charge on any atom is -0.458 e. The maximum absolute atomic E-state index is 14.6. The molecule has 0 bridgehead atoms. The Morgan fingerprint density at radius 3 is 2.47 bits per heavy atom. The number of aromatic nitrogens is 3. The fraction of sp³-hybridized carbons (Fsp3) is 0.717. The molecule has 360 valence electrons. The molecule has 1 aromatic heterocycles. The van der Waals surface area contributed by atoms with Gasteiger partial charge >= 0.3 is 12.1 Å². The monoisotopic (exact) mass is 920 g/mol. The van der Waals surface area contributed by atoms with E-state index in [1.54, 1.807) is 29.7 Å². The Hall–Kier alpha value is -3.65. The van der Waals surface area contributed by atoms with Crippen LogP contribution in [-0.4, -0.2) is 148 Å². The summed E-state index contributed by atoms with van der Waals surface area (Å²) >= 11 is 0.250. The van der Waals surface area contributed by atoms with Gasteiger partial charge in [0.15, 0.2) is 17.7 Å². The van der Waals surface area contributed by atoms with Gasteiger partial charge in [0.05, 0.1) is 30.0 Å². The summed E-state index contributed by atoms with van der Waals surface area (Å²) in [6, 6.07) is 6.39. The Balaban J connectivity index is 0.00000291. The number of unbranched alkanes of at least 4 members (excludes halogenated alkanes) is 1. The van der Waals surface area contributed by atoms with Gasteiger partial charge < -0.3 is 44.7 Å². The van der Waals surface area contributed by atoms with E-state index in [9.17, 15) is 23.4 Å². The zero-order chi connectivity index (χ0) is 47.5. The number of ketones is 1. The molecular weight excluding hydrogens is 846 g/mol. The minimum atomic E-state index is -1.25. The highest BCUT2D eigenvalue weighted by atomic mass is 32.2. The van der Waals surface area contributed by atoms with Crippen molar-refractivity contribution in [2.75, 3.05) is 46.3 Å². The van der Waals surface area contributed by atoms with Crippen LogP contribution in [0.25, 0.3) is 11.3 Å². The number of anilines is 1. The Morgan fingerprint density at radius 1 is 1.16 bits per heavy atom. The van der Waals surface area contributed by atoms with Crippen LogP contribution in [0.5, 0.6) is 0 Å². The van der Waals surface area contributed by atoms with Crippen LogP contribution in [0.15, 0.2) is 43.1 Å². The van der Waals surface area contributed by atoms with Crippen LogP contribution in [-0.2, 0) is 39.8 Å². The molecule has 0 saturated carbocycles. The van der Waals surface area contributed by atoms with Crippen molar-refractivity contribution in [1.82, 2.24) is 30.1 Å². The second-order valence-corrected chi connectivity index (χ2v) is 18.5. The van der Waals surface area contributed by atoms with E-state index in [0.29, 0.717) is 63.8 Å². The molecule has 0 aliphatic carbocycles. The van der Waals surface area contributed by atoms with Gasteiger partial charge in [-0.15, -0.1) is 11.7 Å². The number of fused-ring (bicyclic) bond motifs is 1. The number of nitrogens with zero attached hydrogens (tertiary/aromatic N) is 5. The number of hydrogen-bond acceptors (Lipinski definition) is 15. The number of nitrogens with one attached hydrogen (secondary N) is 1. The first kappa shape index (κ1) is 53.0. The summed E-state index contributed by atoms with van der Waals surface area (Å²) in [7, 11) is 5.39. The van der Waals surface area contributed by atoms with Gasteiger partial charge in [-0.3, -0.25) is 19.2 Å². The molecule has 0 spiro atoms. The number of carbonyl (C=O) groups is 3. The molecule has 3 saturated heterocycles. The lowest BCUT2D eigenvalue weighted by Crippen LogP contribution is -2.61. The molecule has 1 aromatic carbocycles. The zero-order valence-electron chi connectivity index (χ0n) is 39.7. The van der Waals surface area contributed by atoms with Crippen molar-refractivity contribution < 1.29 is 47.1 Å². The van der Waals surface area contributed by atoms with Crippen LogP contribution >= 0.6 is 12.1 Å². The van der Waals surface area contributed by atoms with Crippen molar-refractivity contribution in [1.29, 1.82) is 0 Å². The van der Waals surface area contributed by atoms with Gasteiger partial charge in [0, 0.05) is 67.9 Å². The number of hydrogen-bond donors (Lipinski definition) is 3. The van der Waals surface area contributed by atoms with Crippen LogP contribution in [0.4, 0.5) is 14.4 Å². The van der Waals surface area contributed by atoms with Gasteiger partial charge in [-0.05, 0) is 105 Å². The summed E-state index contributed by atoms with van der Waals surface area (Å²) < 4.78 is 43.9. The number of nitrogen functional groups attached to an aromatic ring is 1. The van der Waals surface area contributed by atoms with Crippen molar-refractivity contribution in [3.8, 4) is 11.3 Å². The third-order valence-electron chi connectivity index (χ3n) is 13.1. The Morgan fingerprint density at radius 2 is 1.84 bits per heavy atom. The molecule has 18 heteroatoms. The van der Waals surface area contributed by atoms with Gasteiger partial charge in [0.2, 0.25) is 0 Å². The summed E-state index contributed by atoms with van der Waals surface area (Å²) in [5.41, 5.74) is 5.87. The quantitative estimate of drug-likeness (QED) is 0.0689. The van der Waals surface area contributed by atoms with Crippen LogP contribution in [0, 0.1) is 17.8 Å². The molecule has 0 radical (unpaired) electrons. The molecule has 3 aliphatic rings. The molecule has 3 unspecified atom stereocenters. The lowest BCUT2D eigenvalue weighted by atomic mass is 9.75. The highest BCUT2D eigenvalue weighted by molar-refractivity contribution is 7.93. The second-order valence-electron chi connectivity index (χ2n) is 18.2. The zero-order valence-corrected chi connectivity index (χ0v) is 40.5. The van der Waals surface area contributed by atoms with Crippen molar-refractivity contribution in [2.45, 2.75) is 154 Å². The van der Waals surface area contributed by atoms with Crippen LogP contribution in [0.2, 0.25) is 0 Å². The highest BCUT2D eigenvalue weighted by Gasteiger charge is 2.59. The fourth-order valence-electron chi connectivity index (χ4n) is 9.78. The maximum atomic E-state index is 14.6. The Labute approximate surface area is 383 Å². The Bertz CT molecular complexity index is 1840. The van der Waals surface area contributed by atoms with E-state index < -0.39 is 71.5 Å². The minimum absolute atomic E-state index is 0.0542. The molecule has 16 nitrogen and oxygen atoms in total. The average Bonchev–Trinajstić information content (AvgIpc) is 3.83. The molecule has 64 heavy (non-hydrogen) atoms. The largest absolute Gasteiger partial charge is 0.458 e. The first-order valence-electron chi connectivity index (χ1n) is 22.5. The number of likely N-dealkylation sites (N-methyl/N-ethyl adjacent to an activating group) is 1. The van der Waals surface area contributed by atoms with Crippen LogP contribution in [0.3, 0.4) is 0 Å².